The molecule has 2 aromatic rings. The van der Waals surface area contributed by atoms with E-state index in [2.05, 4.69) is 68.8 Å². The molecule has 0 saturated heterocycles. The van der Waals surface area contributed by atoms with Gasteiger partial charge in [0.05, 0.1) is 12.2 Å². The van der Waals surface area contributed by atoms with Gasteiger partial charge in [-0.1, -0.05) is 24.3 Å². The van der Waals surface area contributed by atoms with E-state index in [1.807, 2.05) is 14.0 Å². The minimum Gasteiger partial charge on any atom is -0.375 e. The number of ether oxygens (including phenoxy) is 1. The van der Waals surface area contributed by atoms with E-state index in [9.17, 15) is 0 Å². The fourth-order valence-electron chi connectivity index (χ4n) is 2.69. The SMILES string of the molecule is CN=C(NCc1ccc(CN(C)C)cc1)N(C)Cc1csc(C(C)OC)n1. The number of aromatic nitrogens is 1. The van der Waals surface area contributed by atoms with E-state index in [1.54, 1.807) is 25.5 Å². The summed E-state index contributed by atoms with van der Waals surface area (Å²) >= 11 is 1.63. The second-order valence-electron chi connectivity index (χ2n) is 6.87. The van der Waals surface area contributed by atoms with Crippen molar-refractivity contribution in [2.75, 3.05) is 35.3 Å². The number of benzene rings is 1. The lowest BCUT2D eigenvalue weighted by atomic mass is 10.1. The number of rotatable bonds is 8. The molecule has 1 heterocycles. The van der Waals surface area contributed by atoms with Crippen molar-refractivity contribution in [2.45, 2.75) is 32.7 Å². The molecule has 1 aromatic carbocycles. The number of hydrogen-bond donors (Lipinski definition) is 1. The van der Waals surface area contributed by atoms with Crippen molar-refractivity contribution in [2.24, 2.45) is 4.99 Å². The van der Waals surface area contributed by atoms with Crippen LogP contribution in [0.5, 0.6) is 0 Å². The summed E-state index contributed by atoms with van der Waals surface area (Å²) in [5.41, 5.74) is 3.57. The van der Waals surface area contributed by atoms with Gasteiger partial charge in [-0.2, -0.15) is 0 Å². The molecular weight excluding hydrogens is 358 g/mol. The maximum atomic E-state index is 5.34. The Kier molecular flexibility index (Phi) is 8.22. The Bertz CT molecular complexity index is 726. The van der Waals surface area contributed by atoms with Crippen LogP contribution in [0, 0.1) is 0 Å². The van der Waals surface area contributed by atoms with Crippen LogP contribution in [0.3, 0.4) is 0 Å². The van der Waals surface area contributed by atoms with Crippen LogP contribution in [0.25, 0.3) is 0 Å². The highest BCUT2D eigenvalue weighted by Crippen LogP contribution is 2.20. The highest BCUT2D eigenvalue weighted by Gasteiger charge is 2.12. The predicted octanol–water partition coefficient (Wildman–Crippen LogP) is 3.12. The largest absolute Gasteiger partial charge is 0.375 e. The van der Waals surface area contributed by atoms with Gasteiger partial charge in [0, 0.05) is 39.7 Å². The molecular formula is C20H31N5OS. The standard InChI is InChI=1S/C20H31N5OS/c1-15(26-6)19-23-18(14-27-19)13-25(5)20(21-2)22-11-16-7-9-17(10-8-16)12-24(3)4/h7-10,14-15H,11-13H2,1-6H3,(H,21,22). The van der Waals surface area contributed by atoms with Crippen molar-refractivity contribution in [3.05, 3.63) is 51.5 Å². The van der Waals surface area contributed by atoms with Gasteiger partial charge in [0.15, 0.2) is 5.96 Å². The van der Waals surface area contributed by atoms with Crippen molar-refractivity contribution in [3.63, 3.8) is 0 Å². The highest BCUT2D eigenvalue weighted by atomic mass is 32.1. The van der Waals surface area contributed by atoms with Crippen molar-refractivity contribution in [1.82, 2.24) is 20.1 Å². The number of hydrogen-bond acceptors (Lipinski definition) is 5. The lowest BCUT2D eigenvalue weighted by molar-refractivity contribution is 0.119. The molecule has 1 N–H and O–H groups in total. The predicted molar refractivity (Wildman–Crippen MR) is 113 cm³/mol. The number of guanidine groups is 1. The molecule has 0 fully saturated rings. The smallest absolute Gasteiger partial charge is 0.194 e. The third-order valence-electron chi connectivity index (χ3n) is 4.22. The molecule has 0 amide bonds. The van der Waals surface area contributed by atoms with Crippen LogP contribution in [0.4, 0.5) is 0 Å². The van der Waals surface area contributed by atoms with Crippen LogP contribution in [0.1, 0.15) is 34.9 Å². The molecule has 1 aromatic heterocycles. The molecule has 0 radical (unpaired) electrons. The zero-order valence-electron chi connectivity index (χ0n) is 17.2. The zero-order chi connectivity index (χ0) is 19.8. The number of aliphatic imine (C=N–C) groups is 1. The first-order valence-corrected chi connectivity index (χ1v) is 9.92. The van der Waals surface area contributed by atoms with Crippen LogP contribution in [-0.4, -0.2) is 56.0 Å². The quantitative estimate of drug-likeness (QED) is 0.555. The maximum Gasteiger partial charge on any atom is 0.194 e. The van der Waals surface area contributed by atoms with Crippen molar-refractivity contribution >= 4 is 17.3 Å². The Labute approximate surface area is 166 Å². The zero-order valence-corrected chi connectivity index (χ0v) is 18.0. The minimum absolute atomic E-state index is 0.0296. The highest BCUT2D eigenvalue weighted by molar-refractivity contribution is 7.09. The maximum absolute atomic E-state index is 5.34. The molecule has 0 aliphatic heterocycles. The first-order valence-electron chi connectivity index (χ1n) is 9.04. The van der Waals surface area contributed by atoms with Gasteiger partial charge in [-0.25, -0.2) is 4.98 Å². The second-order valence-corrected chi connectivity index (χ2v) is 7.76. The number of methoxy groups -OCH3 is 1. The summed E-state index contributed by atoms with van der Waals surface area (Å²) in [6, 6.07) is 8.68. The summed E-state index contributed by atoms with van der Waals surface area (Å²) in [7, 11) is 9.69. The summed E-state index contributed by atoms with van der Waals surface area (Å²) in [6.45, 7) is 4.41. The van der Waals surface area contributed by atoms with Gasteiger partial charge in [-0.15, -0.1) is 11.3 Å². The molecule has 0 aliphatic rings. The fourth-order valence-corrected chi connectivity index (χ4v) is 3.54. The van der Waals surface area contributed by atoms with Gasteiger partial charge in [0.1, 0.15) is 11.1 Å². The van der Waals surface area contributed by atoms with Crippen LogP contribution < -0.4 is 5.32 Å². The molecule has 6 nitrogen and oxygen atoms in total. The molecule has 27 heavy (non-hydrogen) atoms. The lowest BCUT2D eigenvalue weighted by Gasteiger charge is -2.21. The first-order chi connectivity index (χ1) is 12.9. The minimum atomic E-state index is 0.0296. The Hall–Kier alpha value is -1.96. The molecule has 1 atom stereocenters. The average molecular weight is 390 g/mol. The van der Waals surface area contributed by atoms with Crippen molar-refractivity contribution in [3.8, 4) is 0 Å². The molecule has 7 heteroatoms. The van der Waals surface area contributed by atoms with Gasteiger partial charge in [-0.3, -0.25) is 4.99 Å². The van der Waals surface area contributed by atoms with Gasteiger partial charge in [-0.05, 0) is 32.1 Å². The fraction of sp³-hybridized carbons (Fsp3) is 0.500. The normalized spacial score (nSPS) is 13.1. The topological polar surface area (TPSA) is 53.0 Å². The van der Waals surface area contributed by atoms with Crippen LogP contribution in [0.2, 0.25) is 0 Å². The van der Waals surface area contributed by atoms with Gasteiger partial charge < -0.3 is 19.9 Å². The molecule has 2 rings (SSSR count). The van der Waals surface area contributed by atoms with Crippen molar-refractivity contribution < 1.29 is 4.74 Å². The molecule has 0 aliphatic carbocycles. The van der Waals surface area contributed by atoms with E-state index in [-0.39, 0.29) is 6.10 Å². The molecule has 0 spiro atoms. The third kappa shape index (κ3) is 6.61. The number of nitrogens with one attached hydrogen (secondary N) is 1. The van der Waals surface area contributed by atoms with E-state index >= 15 is 0 Å². The van der Waals surface area contributed by atoms with Crippen molar-refractivity contribution in [1.29, 1.82) is 0 Å². The molecule has 1 unspecified atom stereocenters. The summed E-state index contributed by atoms with van der Waals surface area (Å²) < 4.78 is 5.34. The Morgan fingerprint density at radius 1 is 1.19 bits per heavy atom. The number of thiazole rings is 1. The molecule has 148 valence electrons. The van der Waals surface area contributed by atoms with E-state index in [1.165, 1.54) is 11.1 Å². The monoisotopic (exact) mass is 389 g/mol. The first kappa shape index (κ1) is 21.3. The molecule has 0 saturated carbocycles. The Morgan fingerprint density at radius 3 is 2.44 bits per heavy atom. The average Bonchev–Trinajstić information content (AvgIpc) is 3.11. The van der Waals surface area contributed by atoms with Crippen LogP contribution in [-0.2, 0) is 24.4 Å². The Morgan fingerprint density at radius 2 is 1.85 bits per heavy atom. The second kappa shape index (κ2) is 10.4. The van der Waals surface area contributed by atoms with E-state index in [0.717, 1.165) is 29.8 Å². The summed E-state index contributed by atoms with van der Waals surface area (Å²) in [4.78, 5) is 13.3. The van der Waals surface area contributed by atoms with Gasteiger partial charge >= 0.3 is 0 Å². The molecule has 0 bridgehead atoms. The summed E-state index contributed by atoms with van der Waals surface area (Å²) in [6.07, 6.45) is 0.0296. The Balaban J connectivity index is 1.89. The van der Waals surface area contributed by atoms with Gasteiger partial charge in [0.2, 0.25) is 0 Å². The van der Waals surface area contributed by atoms with Gasteiger partial charge in [0.25, 0.3) is 0 Å². The lowest BCUT2D eigenvalue weighted by Crippen LogP contribution is -2.38. The van der Waals surface area contributed by atoms with Crippen LogP contribution >= 0.6 is 11.3 Å². The third-order valence-corrected chi connectivity index (χ3v) is 5.27. The number of nitrogens with zero attached hydrogens (tertiary/aromatic N) is 4. The van der Waals surface area contributed by atoms with E-state index < -0.39 is 0 Å². The van der Waals surface area contributed by atoms with Crippen LogP contribution in [0.15, 0.2) is 34.6 Å². The summed E-state index contributed by atoms with van der Waals surface area (Å²) in [5, 5.41) is 6.51. The summed E-state index contributed by atoms with van der Waals surface area (Å²) in [5.74, 6) is 0.849. The van der Waals surface area contributed by atoms with E-state index in [4.69, 9.17) is 4.74 Å². The van der Waals surface area contributed by atoms with E-state index in [0.29, 0.717) is 6.54 Å².